The molecule has 30 heavy (non-hydrogen) atoms. The first-order valence-electron chi connectivity index (χ1n) is 9.09. The monoisotopic (exact) mass is 419 g/mol. The molecule has 0 fully saturated rings. The van der Waals surface area contributed by atoms with Crippen molar-refractivity contribution in [3.63, 3.8) is 0 Å². The van der Waals surface area contributed by atoms with E-state index in [-0.39, 0.29) is 43.3 Å². The number of urea groups is 1. The number of hydrogen-bond acceptors (Lipinski definition) is 5. The molecule has 1 aliphatic rings. The second-order valence-electron chi connectivity index (χ2n) is 6.49. The Kier molecular flexibility index (Phi) is 6.58. The molecule has 0 spiro atoms. The molecule has 10 heteroatoms. The van der Waals surface area contributed by atoms with Gasteiger partial charge in [-0.05, 0) is 42.0 Å². The molecule has 4 amide bonds. The number of carbonyl (C=O) groups is 3. The van der Waals surface area contributed by atoms with Crippen LogP contribution in [-0.4, -0.2) is 47.7 Å². The predicted molar refractivity (Wildman–Crippen MR) is 101 cm³/mol. The smallest absolute Gasteiger partial charge is 0.323 e. The van der Waals surface area contributed by atoms with Gasteiger partial charge in [0.05, 0.1) is 13.3 Å². The van der Waals surface area contributed by atoms with E-state index in [2.05, 4.69) is 10.6 Å². The number of fused-ring (bicyclic) bond motifs is 1. The summed E-state index contributed by atoms with van der Waals surface area (Å²) < 4.78 is 32.3. The molecule has 3 rings (SSSR count). The van der Waals surface area contributed by atoms with E-state index in [1.165, 1.54) is 23.1 Å². The molecule has 8 nitrogen and oxygen atoms in total. The van der Waals surface area contributed by atoms with Crippen molar-refractivity contribution in [1.29, 1.82) is 0 Å². The third kappa shape index (κ3) is 4.90. The lowest BCUT2D eigenvalue weighted by molar-refractivity contribution is 0.0770. The molecule has 1 aliphatic heterocycles. The number of amides is 4. The van der Waals surface area contributed by atoms with Gasteiger partial charge in [-0.25, -0.2) is 13.6 Å². The van der Waals surface area contributed by atoms with E-state index < -0.39 is 29.5 Å². The Morgan fingerprint density at radius 2 is 1.90 bits per heavy atom. The van der Waals surface area contributed by atoms with Crippen molar-refractivity contribution in [3.8, 4) is 5.75 Å². The highest BCUT2D eigenvalue weighted by Crippen LogP contribution is 2.29. The van der Waals surface area contributed by atoms with Crippen molar-refractivity contribution in [2.75, 3.05) is 19.9 Å². The minimum Gasteiger partial charge on any atom is -0.490 e. The molecule has 1 heterocycles. The number of benzene rings is 2. The van der Waals surface area contributed by atoms with E-state index in [9.17, 15) is 23.2 Å². The van der Waals surface area contributed by atoms with Crippen LogP contribution >= 0.6 is 0 Å². The van der Waals surface area contributed by atoms with Gasteiger partial charge in [-0.1, -0.05) is 0 Å². The topological polar surface area (TPSA) is 108 Å². The highest BCUT2D eigenvalue weighted by molar-refractivity contribution is 6.04. The third-order valence-electron chi connectivity index (χ3n) is 4.36. The molecule has 158 valence electrons. The highest BCUT2D eigenvalue weighted by atomic mass is 19.1. The Bertz CT molecular complexity index is 966. The van der Waals surface area contributed by atoms with Gasteiger partial charge in [0.25, 0.3) is 11.8 Å². The number of halogens is 2. The van der Waals surface area contributed by atoms with Crippen LogP contribution in [0.15, 0.2) is 36.4 Å². The first-order chi connectivity index (χ1) is 14.4. The summed E-state index contributed by atoms with van der Waals surface area (Å²) >= 11 is 0. The lowest BCUT2D eigenvalue weighted by Gasteiger charge is -2.16. The van der Waals surface area contributed by atoms with Crippen molar-refractivity contribution >= 4 is 17.8 Å². The number of rotatable bonds is 7. The number of aliphatic hydroxyl groups excluding tert-OH is 1. The normalized spacial score (nSPS) is 12.5. The minimum atomic E-state index is -0.840. The largest absolute Gasteiger partial charge is 0.490 e. The molecule has 2 aromatic carbocycles. The fraction of sp³-hybridized carbons (Fsp3) is 0.250. The molecule has 0 saturated heterocycles. The van der Waals surface area contributed by atoms with Crippen LogP contribution in [0.4, 0.5) is 13.6 Å². The molecular formula is C20H19F2N3O5. The number of ether oxygens (including phenoxy) is 1. The van der Waals surface area contributed by atoms with Gasteiger partial charge in [0.15, 0.2) is 11.6 Å². The summed E-state index contributed by atoms with van der Waals surface area (Å²) in [7, 11) is 0. The number of nitrogens with one attached hydrogen (secondary N) is 2. The third-order valence-corrected chi connectivity index (χ3v) is 4.36. The van der Waals surface area contributed by atoms with Crippen LogP contribution in [0, 0.1) is 11.6 Å². The lowest BCUT2D eigenvalue weighted by atomic mass is 10.1. The van der Waals surface area contributed by atoms with Crippen molar-refractivity contribution in [2.24, 2.45) is 0 Å². The number of aliphatic hydroxyl groups is 1. The summed E-state index contributed by atoms with van der Waals surface area (Å²) in [5.41, 5.74) is 0.789. The number of imide groups is 1. The second kappa shape index (κ2) is 9.31. The standard InChI is InChI=1S/C20H19F2N3O5/c21-14-4-2-12(3-5-14)18(27)24-20(29)23-11-25-10-13-8-17(30-7-1-6-26)16(22)9-15(13)19(25)28/h2-5,8-9,26H,1,6-7,10-11H2,(H2,23,24,27,29). The van der Waals surface area contributed by atoms with E-state index >= 15 is 0 Å². The highest BCUT2D eigenvalue weighted by Gasteiger charge is 2.29. The molecule has 0 atom stereocenters. The van der Waals surface area contributed by atoms with E-state index in [0.29, 0.717) is 12.0 Å². The first kappa shape index (κ1) is 21.2. The zero-order valence-electron chi connectivity index (χ0n) is 15.8. The summed E-state index contributed by atoms with van der Waals surface area (Å²) in [5, 5.41) is 13.2. The minimum absolute atomic E-state index is 0.0209. The van der Waals surface area contributed by atoms with Gasteiger partial charge in [0.2, 0.25) is 0 Å². The number of hydrogen-bond donors (Lipinski definition) is 3. The summed E-state index contributed by atoms with van der Waals surface area (Å²) in [6, 6.07) is 6.29. The Hall–Kier alpha value is -3.53. The maximum atomic E-state index is 14.1. The van der Waals surface area contributed by atoms with Gasteiger partial charge in [-0.15, -0.1) is 0 Å². The fourth-order valence-corrected chi connectivity index (χ4v) is 2.85. The van der Waals surface area contributed by atoms with Gasteiger partial charge in [0.1, 0.15) is 5.82 Å². The summed E-state index contributed by atoms with van der Waals surface area (Å²) in [4.78, 5) is 37.6. The zero-order chi connectivity index (χ0) is 21.7. The van der Waals surface area contributed by atoms with Crippen molar-refractivity contribution in [1.82, 2.24) is 15.5 Å². The van der Waals surface area contributed by atoms with Crippen molar-refractivity contribution in [2.45, 2.75) is 13.0 Å². The first-order valence-corrected chi connectivity index (χ1v) is 9.09. The van der Waals surface area contributed by atoms with E-state index in [0.717, 1.165) is 18.2 Å². The Balaban J connectivity index is 1.55. The van der Waals surface area contributed by atoms with Crippen LogP contribution in [-0.2, 0) is 6.54 Å². The lowest BCUT2D eigenvalue weighted by Crippen LogP contribution is -2.44. The molecule has 0 radical (unpaired) electrons. The Labute approximate surface area is 170 Å². The Morgan fingerprint density at radius 3 is 2.60 bits per heavy atom. The Morgan fingerprint density at radius 1 is 1.17 bits per heavy atom. The van der Waals surface area contributed by atoms with Gasteiger partial charge < -0.3 is 20.1 Å². The number of nitrogens with zero attached hydrogens (tertiary/aromatic N) is 1. The SMILES string of the molecule is O=C(NCN1Cc2cc(OCCCO)c(F)cc2C1=O)NC(=O)c1ccc(F)cc1. The quantitative estimate of drug-likeness (QED) is 0.593. The van der Waals surface area contributed by atoms with Crippen molar-refractivity contribution < 1.29 is 33.0 Å². The summed E-state index contributed by atoms with van der Waals surface area (Å²) in [5.74, 6) is -2.43. The van der Waals surface area contributed by atoms with Crippen LogP contribution in [0.2, 0.25) is 0 Å². The van der Waals surface area contributed by atoms with Crippen LogP contribution in [0.1, 0.15) is 32.7 Å². The van der Waals surface area contributed by atoms with Gasteiger partial charge in [-0.3, -0.25) is 14.9 Å². The van der Waals surface area contributed by atoms with E-state index in [1.807, 2.05) is 0 Å². The molecule has 0 aromatic heterocycles. The van der Waals surface area contributed by atoms with Crippen molar-refractivity contribution in [3.05, 3.63) is 64.7 Å². The molecule has 0 unspecified atom stereocenters. The van der Waals surface area contributed by atoms with Crippen LogP contribution in [0.25, 0.3) is 0 Å². The van der Waals surface area contributed by atoms with Gasteiger partial charge in [0, 0.05) is 30.7 Å². The summed E-state index contributed by atoms with van der Waals surface area (Å²) in [6.45, 7) is -0.0424. The fourth-order valence-electron chi connectivity index (χ4n) is 2.85. The molecule has 0 saturated carbocycles. The van der Waals surface area contributed by atoms with Crippen LogP contribution in [0.5, 0.6) is 5.75 Å². The maximum Gasteiger partial charge on any atom is 0.323 e. The molecule has 0 aliphatic carbocycles. The molecule has 3 N–H and O–H groups in total. The van der Waals surface area contributed by atoms with Gasteiger partial charge >= 0.3 is 6.03 Å². The average molecular weight is 419 g/mol. The van der Waals surface area contributed by atoms with E-state index in [1.54, 1.807) is 0 Å². The van der Waals surface area contributed by atoms with Crippen LogP contribution in [0.3, 0.4) is 0 Å². The molecule has 0 bridgehead atoms. The number of carbonyl (C=O) groups excluding carboxylic acids is 3. The van der Waals surface area contributed by atoms with E-state index in [4.69, 9.17) is 9.84 Å². The maximum absolute atomic E-state index is 14.1. The average Bonchev–Trinajstić information content (AvgIpc) is 3.02. The second-order valence-corrected chi connectivity index (χ2v) is 6.49. The summed E-state index contributed by atoms with van der Waals surface area (Å²) in [6.07, 6.45) is 0.344. The van der Waals surface area contributed by atoms with Gasteiger partial charge in [-0.2, -0.15) is 0 Å². The zero-order valence-corrected chi connectivity index (χ0v) is 15.8. The predicted octanol–water partition coefficient (Wildman–Crippen LogP) is 1.78. The molecule has 2 aromatic rings. The molecular weight excluding hydrogens is 400 g/mol. The van der Waals surface area contributed by atoms with Crippen LogP contribution < -0.4 is 15.4 Å².